The Labute approximate surface area is 96.9 Å². The lowest BCUT2D eigenvalue weighted by molar-refractivity contribution is 0.0292. The van der Waals surface area contributed by atoms with Crippen molar-refractivity contribution < 1.29 is 9.94 Å². The van der Waals surface area contributed by atoms with Crippen LogP contribution < -0.4 is 0 Å². The molecule has 0 heterocycles. The van der Waals surface area contributed by atoms with Crippen LogP contribution in [0, 0.1) is 16.7 Å². The van der Waals surface area contributed by atoms with E-state index in [2.05, 4.69) is 11.2 Å². The van der Waals surface area contributed by atoms with Crippen LogP contribution in [0.3, 0.4) is 0 Å². The average molecular weight is 224 g/mol. The molecule has 1 saturated carbocycles. The molecular formula is C12H20N2O2. The van der Waals surface area contributed by atoms with Crippen LogP contribution in [0.1, 0.15) is 46.0 Å². The number of nitrogens with zero attached hydrogens (tertiary/aromatic N) is 2. The third-order valence-electron chi connectivity index (χ3n) is 3.03. The van der Waals surface area contributed by atoms with Gasteiger partial charge in [-0.3, -0.25) is 0 Å². The van der Waals surface area contributed by atoms with Crippen molar-refractivity contribution in [3.05, 3.63) is 0 Å². The second-order valence-corrected chi connectivity index (χ2v) is 4.98. The van der Waals surface area contributed by atoms with Crippen molar-refractivity contribution in [3.63, 3.8) is 0 Å². The highest BCUT2D eigenvalue weighted by molar-refractivity contribution is 5.84. The highest BCUT2D eigenvalue weighted by Crippen LogP contribution is 2.22. The summed E-state index contributed by atoms with van der Waals surface area (Å²) in [5.41, 5.74) is 0.573. The Morgan fingerprint density at radius 1 is 1.50 bits per heavy atom. The monoisotopic (exact) mass is 224 g/mol. The fraction of sp³-hybridized carbons (Fsp3) is 0.833. The maximum absolute atomic E-state index is 8.85. The molecule has 16 heavy (non-hydrogen) atoms. The predicted octanol–water partition coefficient (Wildman–Crippen LogP) is 2.72. The van der Waals surface area contributed by atoms with Crippen molar-refractivity contribution in [2.45, 2.75) is 52.1 Å². The number of oxime groups is 1. The molecule has 0 aliphatic heterocycles. The standard InChI is InChI=1S/C12H20N2O2/c1-12(2,9-13)7-8-16-11-5-3-10(14-15)4-6-11/h11,15H,3-8H2,1-2H3. The minimum atomic E-state index is -0.299. The van der Waals surface area contributed by atoms with Crippen molar-refractivity contribution in [3.8, 4) is 6.07 Å². The summed E-state index contributed by atoms with van der Waals surface area (Å²) in [6, 6.07) is 2.26. The maximum Gasteiger partial charge on any atom is 0.0684 e. The molecule has 90 valence electrons. The topological polar surface area (TPSA) is 65.6 Å². The van der Waals surface area contributed by atoms with Crippen LogP contribution in [0.15, 0.2) is 5.16 Å². The van der Waals surface area contributed by atoms with Crippen LogP contribution in [-0.4, -0.2) is 23.6 Å². The Hall–Kier alpha value is -1.08. The van der Waals surface area contributed by atoms with Crippen molar-refractivity contribution >= 4 is 5.71 Å². The van der Waals surface area contributed by atoms with Gasteiger partial charge in [-0.15, -0.1) is 0 Å². The number of hydrogen-bond donors (Lipinski definition) is 1. The minimum absolute atomic E-state index is 0.264. The Morgan fingerprint density at radius 2 is 2.12 bits per heavy atom. The van der Waals surface area contributed by atoms with E-state index < -0.39 is 0 Å². The summed E-state index contributed by atoms with van der Waals surface area (Å²) < 4.78 is 5.73. The summed E-state index contributed by atoms with van der Waals surface area (Å²) in [6.45, 7) is 4.48. The molecular weight excluding hydrogens is 204 g/mol. The van der Waals surface area contributed by atoms with Crippen LogP contribution in [-0.2, 0) is 4.74 Å². The van der Waals surface area contributed by atoms with Gasteiger partial charge in [-0.1, -0.05) is 5.16 Å². The molecule has 0 aromatic carbocycles. The number of nitriles is 1. The molecule has 1 rings (SSSR count). The van der Waals surface area contributed by atoms with Crippen LogP contribution >= 0.6 is 0 Å². The molecule has 0 aromatic rings. The Morgan fingerprint density at radius 3 is 2.62 bits per heavy atom. The highest BCUT2D eigenvalue weighted by atomic mass is 16.5. The van der Waals surface area contributed by atoms with Gasteiger partial charge in [-0.05, 0) is 46.0 Å². The molecule has 0 aromatic heterocycles. The summed E-state index contributed by atoms with van der Waals surface area (Å²) >= 11 is 0. The van der Waals surface area contributed by atoms with E-state index in [-0.39, 0.29) is 11.5 Å². The van der Waals surface area contributed by atoms with Gasteiger partial charge in [0.2, 0.25) is 0 Å². The van der Waals surface area contributed by atoms with Crippen molar-refractivity contribution in [1.82, 2.24) is 0 Å². The fourth-order valence-electron chi connectivity index (χ4n) is 1.73. The molecule has 0 saturated heterocycles. The molecule has 4 nitrogen and oxygen atoms in total. The van der Waals surface area contributed by atoms with E-state index in [0.717, 1.165) is 37.8 Å². The van der Waals surface area contributed by atoms with Crippen LogP contribution in [0.25, 0.3) is 0 Å². The SMILES string of the molecule is CC(C)(C#N)CCOC1CCC(=NO)CC1. The van der Waals surface area contributed by atoms with Gasteiger partial charge in [-0.2, -0.15) is 5.26 Å². The normalized spacial score (nSPS) is 21.6. The zero-order chi connectivity index (χ0) is 12.0. The van der Waals surface area contributed by atoms with Gasteiger partial charge >= 0.3 is 0 Å². The predicted molar refractivity (Wildman–Crippen MR) is 61.4 cm³/mol. The lowest BCUT2D eigenvalue weighted by atomic mass is 9.92. The zero-order valence-electron chi connectivity index (χ0n) is 10.1. The molecule has 0 atom stereocenters. The van der Waals surface area contributed by atoms with Gasteiger partial charge in [0.05, 0.1) is 23.3 Å². The summed E-state index contributed by atoms with van der Waals surface area (Å²) in [7, 11) is 0. The number of rotatable bonds is 4. The molecule has 0 amide bonds. The number of ether oxygens (including phenoxy) is 1. The van der Waals surface area contributed by atoms with E-state index in [0.29, 0.717) is 6.61 Å². The third-order valence-corrected chi connectivity index (χ3v) is 3.03. The molecule has 0 radical (unpaired) electrons. The Bertz CT molecular complexity index is 282. The zero-order valence-corrected chi connectivity index (χ0v) is 10.1. The first-order valence-electron chi connectivity index (χ1n) is 5.80. The molecule has 1 aliphatic rings. The summed E-state index contributed by atoms with van der Waals surface area (Å²) in [5, 5.41) is 20.7. The second kappa shape index (κ2) is 5.86. The van der Waals surface area contributed by atoms with Gasteiger partial charge < -0.3 is 9.94 Å². The lowest BCUT2D eigenvalue weighted by Gasteiger charge is -2.24. The van der Waals surface area contributed by atoms with E-state index in [4.69, 9.17) is 15.2 Å². The Kier molecular flexibility index (Phi) is 4.75. The average Bonchev–Trinajstić information content (AvgIpc) is 2.30. The van der Waals surface area contributed by atoms with Gasteiger partial charge in [0, 0.05) is 6.61 Å². The quantitative estimate of drug-likeness (QED) is 0.589. The van der Waals surface area contributed by atoms with Crippen molar-refractivity contribution in [1.29, 1.82) is 5.26 Å². The fourth-order valence-corrected chi connectivity index (χ4v) is 1.73. The maximum atomic E-state index is 8.85. The van der Waals surface area contributed by atoms with E-state index in [1.54, 1.807) is 0 Å². The molecule has 0 spiro atoms. The van der Waals surface area contributed by atoms with Gasteiger partial charge in [-0.25, -0.2) is 0 Å². The molecule has 4 heteroatoms. The molecule has 0 unspecified atom stereocenters. The van der Waals surface area contributed by atoms with Gasteiger partial charge in [0.1, 0.15) is 0 Å². The number of hydrogen-bond acceptors (Lipinski definition) is 4. The van der Waals surface area contributed by atoms with Crippen LogP contribution in [0.2, 0.25) is 0 Å². The first-order chi connectivity index (χ1) is 7.57. The van der Waals surface area contributed by atoms with E-state index >= 15 is 0 Å². The first-order valence-corrected chi connectivity index (χ1v) is 5.80. The first kappa shape index (κ1) is 13.0. The molecule has 1 fully saturated rings. The van der Waals surface area contributed by atoms with Crippen molar-refractivity contribution in [2.24, 2.45) is 10.6 Å². The molecule has 1 aliphatic carbocycles. The summed E-state index contributed by atoms with van der Waals surface area (Å²) in [4.78, 5) is 0. The van der Waals surface area contributed by atoms with Crippen LogP contribution in [0.4, 0.5) is 0 Å². The smallest absolute Gasteiger partial charge is 0.0684 e. The third kappa shape index (κ3) is 4.19. The minimum Gasteiger partial charge on any atom is -0.411 e. The van der Waals surface area contributed by atoms with Gasteiger partial charge in [0.15, 0.2) is 0 Å². The molecule has 1 N–H and O–H groups in total. The van der Waals surface area contributed by atoms with Gasteiger partial charge in [0.25, 0.3) is 0 Å². The van der Waals surface area contributed by atoms with E-state index in [9.17, 15) is 0 Å². The van der Waals surface area contributed by atoms with Crippen molar-refractivity contribution in [2.75, 3.05) is 6.61 Å². The van der Waals surface area contributed by atoms with E-state index in [1.165, 1.54) is 0 Å². The second-order valence-electron chi connectivity index (χ2n) is 4.98. The highest BCUT2D eigenvalue weighted by Gasteiger charge is 2.20. The summed E-state index contributed by atoms with van der Waals surface area (Å²) in [5.74, 6) is 0. The lowest BCUT2D eigenvalue weighted by Crippen LogP contribution is -2.23. The summed E-state index contributed by atoms with van der Waals surface area (Å²) in [6.07, 6.45) is 4.52. The van der Waals surface area contributed by atoms with E-state index in [1.807, 2.05) is 13.8 Å². The van der Waals surface area contributed by atoms with Crippen LogP contribution in [0.5, 0.6) is 0 Å². The largest absolute Gasteiger partial charge is 0.411 e. The molecule has 0 bridgehead atoms. The Balaban J connectivity index is 2.19.